The van der Waals surface area contributed by atoms with E-state index in [1.807, 2.05) is 0 Å². The molecule has 0 saturated heterocycles. The molecule has 0 atom stereocenters. The average Bonchev–Trinajstić information content (AvgIpc) is 1.95. The first-order chi connectivity index (χ1) is 4.83. The minimum absolute atomic E-state index is 0. The van der Waals surface area contributed by atoms with Crippen LogP contribution in [0.1, 0.15) is 5.56 Å². The molecule has 0 aliphatic carbocycles. The van der Waals surface area contributed by atoms with Crippen LogP contribution in [0.25, 0.3) is 0 Å². The Morgan fingerprint density at radius 1 is 1.27 bits per heavy atom. The first-order valence-electron chi connectivity index (χ1n) is 2.94. The Balaban J connectivity index is 0.000001000. The summed E-state index contributed by atoms with van der Waals surface area (Å²) < 4.78 is 12.3. The van der Waals surface area contributed by atoms with E-state index < -0.39 is 0 Å². The van der Waals surface area contributed by atoms with Gasteiger partial charge in [0.05, 0.1) is 0 Å². The van der Waals surface area contributed by atoms with Crippen LogP contribution in [0, 0.1) is 5.82 Å². The lowest BCUT2D eigenvalue weighted by atomic mass is 10.2. The summed E-state index contributed by atoms with van der Waals surface area (Å²) in [6.07, 6.45) is 0. The normalized spacial score (nSPS) is 8.91. The zero-order chi connectivity index (χ0) is 7.40. The predicted molar refractivity (Wildman–Crippen MR) is 34.1 cm³/mol. The fourth-order valence-corrected chi connectivity index (χ4v) is 0.698. The van der Waals surface area contributed by atoms with Gasteiger partial charge in [-0.05, 0) is 17.7 Å². The molecule has 1 aromatic carbocycles. The molecule has 0 aliphatic rings. The van der Waals surface area contributed by atoms with E-state index in [4.69, 9.17) is 0 Å². The van der Waals surface area contributed by atoms with E-state index in [1.165, 1.54) is 12.1 Å². The number of hydrogen-bond donors (Lipinski definition) is 1. The highest BCUT2D eigenvalue weighted by atomic mass is 35.5. The smallest absolute Gasteiger partial charge is 0.131 e. The maximum Gasteiger partial charge on any atom is 0.131 e. The van der Waals surface area contributed by atoms with Crippen molar-refractivity contribution < 1.29 is 27.5 Å². The average molecular weight is 178 g/mol. The van der Waals surface area contributed by atoms with Crippen molar-refractivity contribution in [1.29, 1.82) is 0 Å². The van der Waals surface area contributed by atoms with Gasteiger partial charge in [0.25, 0.3) is 0 Å². The molecule has 0 saturated carbocycles. The highest BCUT2D eigenvalue weighted by Crippen LogP contribution is 2.02. The van der Waals surface area contributed by atoms with E-state index in [-0.39, 0.29) is 18.2 Å². The van der Waals surface area contributed by atoms with Gasteiger partial charge in [0, 0.05) is 0 Å². The molecule has 0 bridgehead atoms. The van der Waals surface area contributed by atoms with Crippen molar-refractivity contribution >= 4 is 0 Å². The molecular formula is C7H9ClFNO. The Kier molecular flexibility index (Phi) is 4.77. The molecule has 1 rings (SSSR count). The summed E-state index contributed by atoms with van der Waals surface area (Å²) in [6, 6.07) is 6.13. The molecule has 0 unspecified atom stereocenters. The summed E-state index contributed by atoms with van der Waals surface area (Å²) in [5.74, 6) is 2.98. The Bertz CT molecular complexity index is 202. The SMILES string of the molecule is [Cl-].[NH3+]OCc1ccc(F)cc1. The molecule has 0 aromatic heterocycles. The third kappa shape index (κ3) is 3.32. The summed E-state index contributed by atoms with van der Waals surface area (Å²) in [7, 11) is 0. The number of benzene rings is 1. The number of halogens is 2. The van der Waals surface area contributed by atoms with Crippen LogP contribution in [-0.2, 0) is 11.4 Å². The molecule has 0 heterocycles. The molecule has 62 valence electrons. The number of quaternary nitrogens is 1. The largest absolute Gasteiger partial charge is 1.00 e. The first-order valence-corrected chi connectivity index (χ1v) is 2.94. The van der Waals surface area contributed by atoms with Crippen molar-refractivity contribution in [1.82, 2.24) is 0 Å². The first kappa shape index (κ1) is 10.4. The Morgan fingerprint density at radius 2 is 1.82 bits per heavy atom. The van der Waals surface area contributed by atoms with Gasteiger partial charge in [-0.15, -0.1) is 0 Å². The predicted octanol–water partition coefficient (Wildman–Crippen LogP) is -2.50. The highest BCUT2D eigenvalue weighted by Gasteiger charge is 1.92. The van der Waals surface area contributed by atoms with Crippen LogP contribution in [0.5, 0.6) is 0 Å². The molecule has 0 spiro atoms. The zero-order valence-electron chi connectivity index (χ0n) is 5.89. The van der Waals surface area contributed by atoms with Crippen molar-refractivity contribution in [2.75, 3.05) is 0 Å². The molecule has 11 heavy (non-hydrogen) atoms. The van der Waals surface area contributed by atoms with Gasteiger partial charge in [-0.3, -0.25) is 0 Å². The minimum Gasteiger partial charge on any atom is -1.00 e. The van der Waals surface area contributed by atoms with E-state index >= 15 is 0 Å². The van der Waals surface area contributed by atoms with Gasteiger partial charge < -0.3 is 12.4 Å². The second kappa shape index (κ2) is 5.07. The molecule has 0 fully saturated rings. The van der Waals surface area contributed by atoms with Crippen molar-refractivity contribution in [3.05, 3.63) is 35.6 Å². The van der Waals surface area contributed by atoms with Crippen LogP contribution in [0.2, 0.25) is 0 Å². The van der Waals surface area contributed by atoms with E-state index in [2.05, 4.69) is 10.7 Å². The Morgan fingerprint density at radius 3 is 2.27 bits per heavy atom. The molecule has 4 heteroatoms. The second-order valence-electron chi connectivity index (χ2n) is 1.97. The van der Waals surface area contributed by atoms with Gasteiger partial charge >= 0.3 is 0 Å². The molecule has 0 aliphatic heterocycles. The minimum atomic E-state index is -0.229. The third-order valence-electron chi connectivity index (χ3n) is 1.18. The van der Waals surface area contributed by atoms with E-state index in [9.17, 15) is 4.39 Å². The van der Waals surface area contributed by atoms with Gasteiger partial charge in [-0.2, -0.15) is 0 Å². The Labute approximate surface area is 70.5 Å². The van der Waals surface area contributed by atoms with Gasteiger partial charge in [-0.25, -0.2) is 15.1 Å². The summed E-state index contributed by atoms with van der Waals surface area (Å²) in [4.78, 5) is 4.60. The topological polar surface area (TPSA) is 36.9 Å². The summed E-state index contributed by atoms with van der Waals surface area (Å²) >= 11 is 0. The summed E-state index contributed by atoms with van der Waals surface area (Å²) in [5.41, 5.74) is 0.927. The van der Waals surface area contributed by atoms with Crippen LogP contribution in [0.15, 0.2) is 24.3 Å². The maximum absolute atomic E-state index is 12.3. The summed E-state index contributed by atoms with van der Waals surface area (Å²) in [5, 5.41) is 0. The van der Waals surface area contributed by atoms with Crippen LogP contribution in [-0.4, -0.2) is 0 Å². The third-order valence-corrected chi connectivity index (χ3v) is 1.18. The summed E-state index contributed by atoms with van der Waals surface area (Å²) in [6.45, 7) is 0.431. The quantitative estimate of drug-likeness (QED) is 0.499. The van der Waals surface area contributed by atoms with Crippen molar-refractivity contribution in [3.63, 3.8) is 0 Å². The molecule has 0 radical (unpaired) electrons. The monoisotopic (exact) mass is 177 g/mol. The lowest BCUT2D eigenvalue weighted by Crippen LogP contribution is -3.00. The van der Waals surface area contributed by atoms with Crippen LogP contribution >= 0.6 is 0 Å². The highest BCUT2D eigenvalue weighted by molar-refractivity contribution is 5.14. The molecule has 3 N–H and O–H groups in total. The lowest BCUT2D eigenvalue weighted by Gasteiger charge is -1.94. The number of hydrogen-bond acceptors (Lipinski definition) is 1. The molecule has 1 aromatic rings. The van der Waals surface area contributed by atoms with E-state index in [0.717, 1.165) is 5.56 Å². The fraction of sp³-hybridized carbons (Fsp3) is 0.143. The van der Waals surface area contributed by atoms with Crippen molar-refractivity contribution in [2.45, 2.75) is 6.61 Å². The Hall–Kier alpha value is -0.640. The van der Waals surface area contributed by atoms with Crippen LogP contribution < -0.4 is 18.3 Å². The van der Waals surface area contributed by atoms with Gasteiger partial charge in [0.2, 0.25) is 0 Å². The van der Waals surface area contributed by atoms with Gasteiger partial charge in [0.15, 0.2) is 0 Å². The van der Waals surface area contributed by atoms with Crippen LogP contribution in [0.3, 0.4) is 0 Å². The van der Waals surface area contributed by atoms with Gasteiger partial charge in [0.1, 0.15) is 12.4 Å². The van der Waals surface area contributed by atoms with Crippen molar-refractivity contribution in [3.8, 4) is 0 Å². The fourth-order valence-electron chi connectivity index (χ4n) is 0.698. The number of rotatable bonds is 2. The zero-order valence-corrected chi connectivity index (χ0v) is 6.64. The molecule has 0 amide bonds. The molecular weight excluding hydrogens is 169 g/mol. The standard InChI is InChI=1S/C7H9FNO.ClH/c8-7-3-1-6(2-4-7)5-10-9;/h1-4H,5H2,9H3;1H/q+1;/p-1. The lowest BCUT2D eigenvalue weighted by molar-refractivity contribution is -0.695. The second-order valence-corrected chi connectivity index (χ2v) is 1.97. The van der Waals surface area contributed by atoms with E-state index in [1.54, 1.807) is 12.1 Å². The van der Waals surface area contributed by atoms with Gasteiger partial charge in [-0.1, -0.05) is 12.1 Å². The van der Waals surface area contributed by atoms with E-state index in [0.29, 0.717) is 6.61 Å². The molecule has 2 nitrogen and oxygen atoms in total. The van der Waals surface area contributed by atoms with Crippen LogP contribution in [0.4, 0.5) is 4.39 Å². The van der Waals surface area contributed by atoms with Crippen molar-refractivity contribution in [2.24, 2.45) is 0 Å². The maximum atomic E-state index is 12.3.